The van der Waals surface area contributed by atoms with Gasteiger partial charge in [-0.1, -0.05) is 0 Å². The molecule has 0 aromatic rings. The second kappa shape index (κ2) is 10.0. The van der Waals surface area contributed by atoms with Gasteiger partial charge in [0.1, 0.15) is 48.8 Å². The first-order valence-electron chi connectivity index (χ1n) is 6.59. The van der Waals surface area contributed by atoms with Crippen LogP contribution in [0.3, 0.4) is 0 Å². The molecule has 0 amide bonds. The minimum atomic E-state index is -4.64. The van der Waals surface area contributed by atoms with Crippen LogP contribution in [0.5, 0.6) is 0 Å². The lowest BCUT2D eigenvalue weighted by atomic mass is 9.95. The number of hydrogen-bond acceptors (Lipinski definition) is 10. The lowest BCUT2D eigenvalue weighted by molar-refractivity contribution is -0.160. The Labute approximate surface area is 135 Å². The number of aliphatic hydroxyl groups is 8. The van der Waals surface area contributed by atoms with Gasteiger partial charge in [-0.25, -0.2) is 4.57 Å². The van der Waals surface area contributed by atoms with Gasteiger partial charge in [0.15, 0.2) is 0 Å². The zero-order chi connectivity index (χ0) is 19.2. The molecule has 8 atom stereocenters. The Morgan fingerprint density at radius 2 is 1.38 bits per heavy atom. The van der Waals surface area contributed by atoms with E-state index in [9.17, 15) is 25.5 Å². The van der Waals surface area contributed by atoms with E-state index in [2.05, 4.69) is 0 Å². The molecule has 1 rings (SSSR count). The van der Waals surface area contributed by atoms with Crippen LogP contribution in [-0.4, -0.2) is 118 Å². The third kappa shape index (κ3) is 7.33. The molecule has 1 aliphatic heterocycles. The summed E-state index contributed by atoms with van der Waals surface area (Å²) in [6.07, 6.45) is -12.9. The van der Waals surface area contributed by atoms with Crippen LogP contribution in [0.15, 0.2) is 0 Å². The second-order valence-corrected chi connectivity index (χ2v) is 6.06. The Hall–Kier alpha value is -0.250. The van der Waals surface area contributed by atoms with Crippen molar-refractivity contribution in [2.75, 3.05) is 13.2 Å². The topological polar surface area (TPSA) is 249 Å². The van der Waals surface area contributed by atoms with Crippen LogP contribution in [-0.2, 0) is 9.30 Å². The normalized spacial score (nSPS) is 32.5. The summed E-state index contributed by atoms with van der Waals surface area (Å²) in [5, 5.41) is 74.5. The summed E-state index contributed by atoms with van der Waals surface area (Å²) < 4.78 is 13.8. The Bertz CT molecular complexity index is 394. The quantitative estimate of drug-likeness (QED) is 0.192. The first-order valence-corrected chi connectivity index (χ1v) is 8.15. The standard InChI is InChI=1S/C10H20O9.H3O4P/c11-1-3(13)5(14)7(16)9(18)10-8(17)6(15)4(2-12)19-10;1-5(2,3)4/h3-18H,1-2H2;(H3,1,2,3,4)/t3-,4-,5-,6-,7-,8-,9?,10?;/m1./s1. The van der Waals surface area contributed by atoms with Crippen LogP contribution < -0.4 is 0 Å². The van der Waals surface area contributed by atoms with Crippen molar-refractivity contribution in [1.82, 2.24) is 0 Å². The monoisotopic (exact) mass is 382 g/mol. The summed E-state index contributed by atoms with van der Waals surface area (Å²) in [6, 6.07) is 0. The fourth-order valence-corrected chi connectivity index (χ4v) is 1.94. The van der Waals surface area contributed by atoms with Crippen LogP contribution in [0, 0.1) is 0 Å². The van der Waals surface area contributed by atoms with E-state index >= 15 is 0 Å². The van der Waals surface area contributed by atoms with Gasteiger partial charge in [-0.05, 0) is 0 Å². The molecule has 11 N–H and O–H groups in total. The summed E-state index contributed by atoms with van der Waals surface area (Å²) in [5.41, 5.74) is 0. The highest BCUT2D eigenvalue weighted by Crippen LogP contribution is 2.26. The first-order chi connectivity index (χ1) is 10.8. The minimum absolute atomic E-state index is 0.598. The molecule has 0 spiro atoms. The largest absolute Gasteiger partial charge is 0.466 e. The maximum absolute atomic E-state index is 9.75. The second-order valence-electron chi connectivity index (χ2n) is 5.04. The summed E-state index contributed by atoms with van der Waals surface area (Å²) in [7, 11) is -4.64. The summed E-state index contributed by atoms with van der Waals surface area (Å²) in [5.74, 6) is 0. The van der Waals surface area contributed by atoms with Crippen LogP contribution in [0.25, 0.3) is 0 Å². The van der Waals surface area contributed by atoms with Gasteiger partial charge >= 0.3 is 7.82 Å². The number of phosphoric acid groups is 1. The molecule has 0 aliphatic carbocycles. The SMILES string of the molecule is O=P(O)(O)O.OC[C@@H](O)[C@@H](O)[C@@H](O)C(O)C1O[C@H](CO)[C@@H](O)[C@H]1O. The third-order valence-electron chi connectivity index (χ3n) is 3.20. The summed E-state index contributed by atoms with van der Waals surface area (Å²) in [4.78, 5) is 21.6. The van der Waals surface area contributed by atoms with Crippen LogP contribution >= 0.6 is 7.82 Å². The molecule has 0 radical (unpaired) electrons. The lowest BCUT2D eigenvalue weighted by Gasteiger charge is -2.30. The summed E-state index contributed by atoms with van der Waals surface area (Å²) in [6.45, 7) is -1.43. The van der Waals surface area contributed by atoms with E-state index in [1.165, 1.54) is 0 Å². The highest BCUT2D eigenvalue weighted by Gasteiger charge is 2.48. The van der Waals surface area contributed by atoms with E-state index in [4.69, 9.17) is 39.3 Å². The van der Waals surface area contributed by atoms with E-state index in [-0.39, 0.29) is 0 Å². The Morgan fingerprint density at radius 3 is 1.71 bits per heavy atom. The number of hydrogen-bond donors (Lipinski definition) is 11. The fourth-order valence-electron chi connectivity index (χ4n) is 1.94. The number of rotatable bonds is 6. The van der Waals surface area contributed by atoms with Crippen LogP contribution in [0.4, 0.5) is 0 Å². The molecule has 146 valence electrons. The molecule has 1 aliphatic rings. The predicted molar refractivity (Wildman–Crippen MR) is 73.1 cm³/mol. The molecule has 1 saturated heterocycles. The average molecular weight is 382 g/mol. The molecule has 13 nitrogen and oxygen atoms in total. The molecule has 0 aromatic carbocycles. The Kier molecular flexibility index (Phi) is 9.93. The molecule has 0 aromatic heterocycles. The van der Waals surface area contributed by atoms with E-state index < -0.39 is 69.9 Å². The minimum Gasteiger partial charge on any atom is -0.394 e. The van der Waals surface area contributed by atoms with Crippen LogP contribution in [0.2, 0.25) is 0 Å². The highest BCUT2D eigenvalue weighted by atomic mass is 31.2. The third-order valence-corrected chi connectivity index (χ3v) is 3.20. The highest BCUT2D eigenvalue weighted by molar-refractivity contribution is 7.45. The predicted octanol–water partition coefficient (Wildman–Crippen LogP) is -6.02. The smallest absolute Gasteiger partial charge is 0.394 e. The molecular weight excluding hydrogens is 359 g/mol. The van der Waals surface area contributed by atoms with E-state index in [0.29, 0.717) is 0 Å². The molecule has 24 heavy (non-hydrogen) atoms. The molecule has 14 heteroatoms. The van der Waals surface area contributed by atoms with Gasteiger partial charge in [0.05, 0.1) is 13.2 Å². The van der Waals surface area contributed by atoms with Gasteiger partial charge in [-0.2, -0.15) is 0 Å². The molecule has 0 saturated carbocycles. The van der Waals surface area contributed by atoms with Crippen LogP contribution in [0.1, 0.15) is 0 Å². The molecule has 0 bridgehead atoms. The van der Waals surface area contributed by atoms with Crippen molar-refractivity contribution in [1.29, 1.82) is 0 Å². The van der Waals surface area contributed by atoms with E-state index in [0.717, 1.165) is 0 Å². The van der Waals surface area contributed by atoms with E-state index in [1.54, 1.807) is 0 Å². The average Bonchev–Trinajstić information content (AvgIpc) is 2.78. The van der Waals surface area contributed by atoms with Gasteiger partial charge in [0.25, 0.3) is 0 Å². The number of aliphatic hydroxyl groups excluding tert-OH is 8. The zero-order valence-electron chi connectivity index (χ0n) is 12.2. The maximum Gasteiger partial charge on any atom is 0.466 e. The lowest BCUT2D eigenvalue weighted by Crippen LogP contribution is -2.52. The number of ether oxygens (including phenoxy) is 1. The van der Waals surface area contributed by atoms with Crippen molar-refractivity contribution >= 4 is 7.82 Å². The first kappa shape index (κ1) is 23.8. The van der Waals surface area contributed by atoms with Gasteiger partial charge in [-0.3, -0.25) is 0 Å². The molecule has 1 fully saturated rings. The van der Waals surface area contributed by atoms with Gasteiger partial charge in [-0.15, -0.1) is 0 Å². The van der Waals surface area contributed by atoms with Crippen molar-refractivity contribution in [3.8, 4) is 0 Å². The van der Waals surface area contributed by atoms with Gasteiger partial charge < -0.3 is 60.3 Å². The van der Waals surface area contributed by atoms with Gasteiger partial charge in [0.2, 0.25) is 0 Å². The fraction of sp³-hybridized carbons (Fsp3) is 1.00. The van der Waals surface area contributed by atoms with Gasteiger partial charge in [0, 0.05) is 0 Å². The Morgan fingerprint density at radius 1 is 0.917 bits per heavy atom. The van der Waals surface area contributed by atoms with Crippen molar-refractivity contribution in [3.05, 3.63) is 0 Å². The Balaban J connectivity index is 0.000000922. The molecule has 2 unspecified atom stereocenters. The van der Waals surface area contributed by atoms with Crippen molar-refractivity contribution < 1.29 is 64.8 Å². The van der Waals surface area contributed by atoms with Crippen molar-refractivity contribution in [2.45, 2.75) is 48.8 Å². The molecular formula is C10H23O13P. The van der Waals surface area contributed by atoms with E-state index in [1.807, 2.05) is 0 Å². The van der Waals surface area contributed by atoms with Crippen molar-refractivity contribution in [2.24, 2.45) is 0 Å². The van der Waals surface area contributed by atoms with Crippen molar-refractivity contribution in [3.63, 3.8) is 0 Å². The molecule has 1 heterocycles. The maximum atomic E-state index is 9.75. The zero-order valence-corrected chi connectivity index (χ0v) is 13.1. The summed E-state index contributed by atoms with van der Waals surface area (Å²) >= 11 is 0.